The van der Waals surface area contributed by atoms with Crippen molar-refractivity contribution in [2.75, 3.05) is 0 Å². The van der Waals surface area contributed by atoms with E-state index >= 15 is 0 Å². The fraction of sp³-hybridized carbons (Fsp3) is 0.927. The summed E-state index contributed by atoms with van der Waals surface area (Å²) in [5.41, 5.74) is 0. The lowest BCUT2D eigenvalue weighted by molar-refractivity contribution is -0.235. The molecule has 272 valence electrons. The molecule has 0 saturated heterocycles. The van der Waals surface area contributed by atoms with Gasteiger partial charge in [-0.2, -0.15) is 0 Å². The topological polar surface area (TPSA) is 69.7 Å². The highest BCUT2D eigenvalue weighted by atomic mass is 16.7. The Bertz CT molecular complexity index is 642. The standard InChI is InChI=1S/C41H78O5/c1-5-7-9-11-13-15-17-19-21-23-25-27-29-31-33-35-39(43)45-41(4,38(3)37-42)46-40(44)36-34-32-30-28-26-24-22-20-18-16-14-12-10-8-6-2/h37-38H,5-36H2,1-4H3. The monoisotopic (exact) mass is 651 g/mol. The summed E-state index contributed by atoms with van der Waals surface area (Å²) >= 11 is 0. The summed E-state index contributed by atoms with van der Waals surface area (Å²) in [6.45, 7) is 7.71. The van der Waals surface area contributed by atoms with Gasteiger partial charge >= 0.3 is 11.9 Å². The number of rotatable bonds is 36. The second-order valence-electron chi connectivity index (χ2n) is 14.3. The van der Waals surface area contributed by atoms with Gasteiger partial charge in [0.1, 0.15) is 6.29 Å². The van der Waals surface area contributed by atoms with Crippen LogP contribution in [0.15, 0.2) is 0 Å². The molecule has 1 unspecified atom stereocenters. The average molecular weight is 651 g/mol. The lowest BCUT2D eigenvalue weighted by Crippen LogP contribution is -2.43. The molecule has 1 atom stereocenters. The van der Waals surface area contributed by atoms with Crippen molar-refractivity contribution in [3.05, 3.63) is 0 Å². The maximum atomic E-state index is 12.6. The fourth-order valence-electron chi connectivity index (χ4n) is 6.17. The number of carbonyl (C=O) groups is 3. The van der Waals surface area contributed by atoms with E-state index in [1.807, 2.05) is 0 Å². The number of hydrogen-bond donors (Lipinski definition) is 0. The van der Waals surface area contributed by atoms with Crippen molar-refractivity contribution < 1.29 is 23.9 Å². The van der Waals surface area contributed by atoms with Crippen LogP contribution >= 0.6 is 0 Å². The summed E-state index contributed by atoms with van der Waals surface area (Å²) in [4.78, 5) is 36.7. The van der Waals surface area contributed by atoms with Crippen LogP contribution in [0.1, 0.15) is 233 Å². The van der Waals surface area contributed by atoms with Gasteiger partial charge in [-0.1, -0.05) is 194 Å². The molecule has 0 bridgehead atoms. The zero-order valence-electron chi connectivity index (χ0n) is 31.3. The van der Waals surface area contributed by atoms with Crippen LogP contribution < -0.4 is 0 Å². The largest absolute Gasteiger partial charge is 0.422 e. The number of hydrogen-bond acceptors (Lipinski definition) is 5. The van der Waals surface area contributed by atoms with Gasteiger partial charge in [0, 0.05) is 19.8 Å². The molecule has 5 nitrogen and oxygen atoms in total. The van der Waals surface area contributed by atoms with E-state index < -0.39 is 23.6 Å². The molecular formula is C41H78O5. The third kappa shape index (κ3) is 28.8. The van der Waals surface area contributed by atoms with E-state index in [0.717, 1.165) is 38.5 Å². The Morgan fingerprint density at radius 3 is 0.891 bits per heavy atom. The van der Waals surface area contributed by atoms with Crippen molar-refractivity contribution in [1.29, 1.82) is 0 Å². The smallest absolute Gasteiger partial charge is 0.309 e. The van der Waals surface area contributed by atoms with Gasteiger partial charge < -0.3 is 14.3 Å². The van der Waals surface area contributed by atoms with Gasteiger partial charge in [0.05, 0.1) is 5.92 Å². The molecule has 0 rings (SSSR count). The summed E-state index contributed by atoms with van der Waals surface area (Å²) in [5.74, 6) is -3.06. The SMILES string of the molecule is CCCCCCCCCCCCCCCCCC(=O)OC(C)(OC(=O)CCCCCCCCCCCCCCCCC)C(C)C=O. The molecule has 46 heavy (non-hydrogen) atoms. The second-order valence-corrected chi connectivity index (χ2v) is 14.3. The van der Waals surface area contributed by atoms with Gasteiger partial charge in [-0.3, -0.25) is 9.59 Å². The van der Waals surface area contributed by atoms with E-state index in [1.54, 1.807) is 13.8 Å². The van der Waals surface area contributed by atoms with Crippen LogP contribution in [0.5, 0.6) is 0 Å². The molecule has 5 heteroatoms. The molecule has 0 aliphatic rings. The highest BCUT2D eigenvalue weighted by Crippen LogP contribution is 2.25. The first-order chi connectivity index (χ1) is 22.4. The molecule has 0 aromatic carbocycles. The van der Waals surface area contributed by atoms with Crippen LogP contribution in [0.25, 0.3) is 0 Å². The molecule has 0 fully saturated rings. The van der Waals surface area contributed by atoms with Crippen molar-refractivity contribution in [2.45, 2.75) is 239 Å². The first kappa shape index (κ1) is 44.6. The van der Waals surface area contributed by atoms with Gasteiger partial charge in [-0.05, 0) is 19.8 Å². The van der Waals surface area contributed by atoms with E-state index in [-0.39, 0.29) is 12.8 Å². The zero-order valence-corrected chi connectivity index (χ0v) is 31.3. The molecule has 0 radical (unpaired) electrons. The van der Waals surface area contributed by atoms with E-state index in [0.29, 0.717) is 6.29 Å². The van der Waals surface area contributed by atoms with Gasteiger partial charge in [0.15, 0.2) is 0 Å². The lowest BCUT2D eigenvalue weighted by Gasteiger charge is -2.31. The normalized spacial score (nSPS) is 12.3. The highest BCUT2D eigenvalue weighted by molar-refractivity contribution is 5.73. The maximum Gasteiger partial charge on any atom is 0.309 e. The molecule has 0 heterocycles. The van der Waals surface area contributed by atoms with Gasteiger partial charge in [-0.15, -0.1) is 0 Å². The Morgan fingerprint density at radius 2 is 0.674 bits per heavy atom. The lowest BCUT2D eigenvalue weighted by atomic mass is 10.0. The summed E-state index contributed by atoms with van der Waals surface area (Å²) in [5, 5.41) is 0. The third-order valence-electron chi connectivity index (χ3n) is 9.63. The Labute approximate surface area is 286 Å². The molecule has 0 aromatic rings. The van der Waals surface area contributed by atoms with Crippen LogP contribution in [0.4, 0.5) is 0 Å². The first-order valence-corrected chi connectivity index (χ1v) is 20.3. The van der Waals surface area contributed by atoms with Crippen molar-refractivity contribution >= 4 is 18.2 Å². The number of aldehydes is 1. The van der Waals surface area contributed by atoms with E-state index in [2.05, 4.69) is 13.8 Å². The van der Waals surface area contributed by atoms with Crippen molar-refractivity contribution in [2.24, 2.45) is 5.92 Å². The van der Waals surface area contributed by atoms with Crippen LogP contribution in [-0.4, -0.2) is 24.0 Å². The Morgan fingerprint density at radius 1 is 0.457 bits per heavy atom. The van der Waals surface area contributed by atoms with E-state index in [4.69, 9.17) is 9.47 Å². The predicted octanol–water partition coefficient (Wildman–Crippen LogP) is 13.1. The number of carbonyl (C=O) groups excluding carboxylic acids is 3. The molecule has 0 N–H and O–H groups in total. The van der Waals surface area contributed by atoms with Crippen LogP contribution in [0.3, 0.4) is 0 Å². The first-order valence-electron chi connectivity index (χ1n) is 20.3. The van der Waals surface area contributed by atoms with E-state index in [1.165, 1.54) is 154 Å². The third-order valence-corrected chi connectivity index (χ3v) is 9.63. The number of unbranched alkanes of at least 4 members (excludes halogenated alkanes) is 28. The Balaban J connectivity index is 3.87. The molecule has 0 aliphatic heterocycles. The van der Waals surface area contributed by atoms with Gasteiger partial charge in [0.2, 0.25) is 0 Å². The minimum Gasteiger partial charge on any atom is -0.422 e. The summed E-state index contributed by atoms with van der Waals surface area (Å²) in [7, 11) is 0. The minimum atomic E-state index is -1.54. The Kier molecular flexibility index (Phi) is 32.5. The zero-order chi connectivity index (χ0) is 34.0. The summed E-state index contributed by atoms with van der Waals surface area (Å²) in [6, 6.07) is 0. The molecular weight excluding hydrogens is 572 g/mol. The second kappa shape index (κ2) is 33.5. The Hall–Kier alpha value is -1.39. The molecule has 0 aromatic heterocycles. The van der Waals surface area contributed by atoms with Crippen LogP contribution in [0.2, 0.25) is 0 Å². The summed E-state index contributed by atoms with van der Waals surface area (Å²) in [6.07, 6.45) is 39.4. The van der Waals surface area contributed by atoms with Gasteiger partial charge in [0.25, 0.3) is 5.79 Å². The van der Waals surface area contributed by atoms with Crippen molar-refractivity contribution in [1.82, 2.24) is 0 Å². The highest BCUT2D eigenvalue weighted by Gasteiger charge is 2.39. The van der Waals surface area contributed by atoms with Crippen LogP contribution in [-0.2, 0) is 23.9 Å². The number of esters is 2. The molecule has 0 saturated carbocycles. The van der Waals surface area contributed by atoms with Crippen molar-refractivity contribution in [3.63, 3.8) is 0 Å². The fourth-order valence-corrected chi connectivity index (χ4v) is 6.17. The minimum absolute atomic E-state index is 0.288. The van der Waals surface area contributed by atoms with Gasteiger partial charge in [-0.25, -0.2) is 0 Å². The summed E-state index contributed by atoms with van der Waals surface area (Å²) < 4.78 is 11.2. The average Bonchev–Trinajstić information content (AvgIpc) is 3.04. The quantitative estimate of drug-likeness (QED) is 0.0292. The number of ether oxygens (including phenoxy) is 2. The predicted molar refractivity (Wildman–Crippen MR) is 195 cm³/mol. The van der Waals surface area contributed by atoms with Crippen LogP contribution in [0, 0.1) is 5.92 Å². The molecule has 0 spiro atoms. The maximum absolute atomic E-state index is 12.6. The molecule has 0 aliphatic carbocycles. The van der Waals surface area contributed by atoms with Crippen molar-refractivity contribution in [3.8, 4) is 0 Å². The van der Waals surface area contributed by atoms with E-state index in [9.17, 15) is 14.4 Å². The molecule has 0 amide bonds.